The molecule has 0 radical (unpaired) electrons. The number of halogens is 1. The van der Waals surface area contributed by atoms with Gasteiger partial charge in [-0.2, -0.15) is 0 Å². The predicted octanol–water partition coefficient (Wildman–Crippen LogP) is 11.2. The number of para-hydroxylation sites is 1. The van der Waals surface area contributed by atoms with Gasteiger partial charge in [0.15, 0.2) is 0 Å². The lowest BCUT2D eigenvalue weighted by molar-refractivity contribution is 0.660. The summed E-state index contributed by atoms with van der Waals surface area (Å²) in [5, 5.41) is 2.53. The van der Waals surface area contributed by atoms with E-state index in [1.807, 2.05) is 0 Å². The van der Waals surface area contributed by atoms with E-state index in [1.54, 1.807) is 0 Å². The first-order valence-corrected chi connectivity index (χ1v) is 14.9. The SMILES string of the molecule is CC1(C)c2ccccc2-c2cc(-c3ccc(-n4c5ccccc5c5cc(-c6cccc(Br)c6)ccc54)cc3)ccc21. The highest BCUT2D eigenvalue weighted by molar-refractivity contribution is 9.10. The second kappa shape index (κ2) is 9.06. The third-order valence-corrected chi connectivity index (χ3v) is 9.37. The molecule has 0 bridgehead atoms. The highest BCUT2D eigenvalue weighted by atomic mass is 79.9. The molecule has 1 heterocycles. The second-order valence-electron chi connectivity index (χ2n) is 11.6. The van der Waals surface area contributed by atoms with Gasteiger partial charge in [-0.25, -0.2) is 0 Å². The Morgan fingerprint density at radius 2 is 1.15 bits per heavy atom. The molecule has 0 saturated heterocycles. The molecule has 8 rings (SSSR count). The summed E-state index contributed by atoms with van der Waals surface area (Å²) in [6.45, 7) is 4.67. The zero-order chi connectivity index (χ0) is 27.7. The maximum absolute atomic E-state index is 3.63. The van der Waals surface area contributed by atoms with Crippen LogP contribution in [0.4, 0.5) is 0 Å². The Hall–Kier alpha value is -4.40. The molecule has 7 aromatic rings. The Balaban J connectivity index is 1.23. The van der Waals surface area contributed by atoms with Gasteiger partial charge in [0.25, 0.3) is 0 Å². The van der Waals surface area contributed by atoms with Gasteiger partial charge in [0.2, 0.25) is 0 Å². The molecule has 2 heteroatoms. The molecule has 1 aromatic heterocycles. The van der Waals surface area contributed by atoms with Gasteiger partial charge in [-0.1, -0.05) is 115 Å². The lowest BCUT2D eigenvalue weighted by atomic mass is 9.82. The number of rotatable bonds is 3. The quantitative estimate of drug-likeness (QED) is 0.193. The molecule has 0 fully saturated rings. The van der Waals surface area contributed by atoms with Gasteiger partial charge in [0, 0.05) is 26.3 Å². The van der Waals surface area contributed by atoms with Crippen LogP contribution in [0.15, 0.2) is 138 Å². The van der Waals surface area contributed by atoms with E-state index in [-0.39, 0.29) is 5.41 Å². The summed E-state index contributed by atoms with van der Waals surface area (Å²) in [5.74, 6) is 0. The smallest absolute Gasteiger partial charge is 0.0541 e. The largest absolute Gasteiger partial charge is 0.309 e. The summed E-state index contributed by atoms with van der Waals surface area (Å²) in [7, 11) is 0. The van der Waals surface area contributed by atoms with Gasteiger partial charge in [0.05, 0.1) is 11.0 Å². The van der Waals surface area contributed by atoms with Crippen molar-refractivity contribution in [2.45, 2.75) is 19.3 Å². The van der Waals surface area contributed by atoms with Gasteiger partial charge < -0.3 is 4.57 Å². The van der Waals surface area contributed by atoms with E-state index in [0.29, 0.717) is 0 Å². The second-order valence-corrected chi connectivity index (χ2v) is 12.5. The summed E-state index contributed by atoms with van der Waals surface area (Å²) in [5.41, 5.74) is 14.1. The summed E-state index contributed by atoms with van der Waals surface area (Å²) >= 11 is 3.63. The van der Waals surface area contributed by atoms with E-state index in [2.05, 4.69) is 168 Å². The molecule has 1 aliphatic carbocycles. The molecule has 1 aliphatic rings. The van der Waals surface area contributed by atoms with Crippen molar-refractivity contribution in [1.82, 2.24) is 4.57 Å². The average molecular weight is 591 g/mol. The highest BCUT2D eigenvalue weighted by Crippen LogP contribution is 2.49. The molecule has 1 nitrogen and oxygen atoms in total. The molecule has 0 spiro atoms. The van der Waals surface area contributed by atoms with Crippen molar-refractivity contribution >= 4 is 37.7 Å². The van der Waals surface area contributed by atoms with E-state index < -0.39 is 0 Å². The molecular weight excluding hydrogens is 562 g/mol. The predicted molar refractivity (Wildman–Crippen MR) is 177 cm³/mol. The van der Waals surface area contributed by atoms with Crippen LogP contribution in [0.25, 0.3) is 60.9 Å². The van der Waals surface area contributed by atoms with Crippen molar-refractivity contribution in [3.63, 3.8) is 0 Å². The Morgan fingerprint density at radius 1 is 0.488 bits per heavy atom. The Labute approximate surface area is 248 Å². The molecule has 196 valence electrons. The topological polar surface area (TPSA) is 4.93 Å². The molecule has 0 atom stereocenters. The van der Waals surface area contributed by atoms with E-state index in [1.165, 1.54) is 72.0 Å². The number of benzene rings is 6. The van der Waals surface area contributed by atoms with Crippen LogP contribution in [0.1, 0.15) is 25.0 Å². The molecule has 41 heavy (non-hydrogen) atoms. The van der Waals surface area contributed by atoms with E-state index in [0.717, 1.165) is 4.47 Å². The van der Waals surface area contributed by atoms with E-state index in [4.69, 9.17) is 0 Å². The Bertz CT molecular complexity index is 2130. The minimum Gasteiger partial charge on any atom is -0.309 e. The zero-order valence-corrected chi connectivity index (χ0v) is 24.6. The minimum absolute atomic E-state index is 0.0295. The van der Waals surface area contributed by atoms with Gasteiger partial charge >= 0.3 is 0 Å². The van der Waals surface area contributed by atoms with Crippen LogP contribution >= 0.6 is 15.9 Å². The van der Waals surface area contributed by atoms with Crippen molar-refractivity contribution in [1.29, 1.82) is 0 Å². The molecule has 0 amide bonds. The molecule has 0 N–H and O–H groups in total. The average Bonchev–Trinajstić information content (AvgIpc) is 3.46. The third-order valence-electron chi connectivity index (χ3n) is 8.87. The van der Waals surface area contributed by atoms with Crippen LogP contribution in [-0.4, -0.2) is 4.57 Å². The first kappa shape index (κ1) is 24.4. The highest BCUT2D eigenvalue weighted by Gasteiger charge is 2.35. The number of hydrogen-bond donors (Lipinski definition) is 0. The van der Waals surface area contributed by atoms with Gasteiger partial charge in [-0.05, 0) is 93.0 Å². The van der Waals surface area contributed by atoms with Crippen molar-refractivity contribution in [3.05, 3.63) is 149 Å². The van der Waals surface area contributed by atoms with Crippen molar-refractivity contribution in [3.8, 4) is 39.1 Å². The van der Waals surface area contributed by atoms with Gasteiger partial charge in [-0.15, -0.1) is 0 Å². The molecular formula is C39H28BrN. The first-order valence-electron chi connectivity index (χ1n) is 14.1. The van der Waals surface area contributed by atoms with E-state index >= 15 is 0 Å². The third kappa shape index (κ3) is 3.74. The number of hydrogen-bond acceptors (Lipinski definition) is 0. The monoisotopic (exact) mass is 589 g/mol. The standard InChI is InChI=1S/C39H28BrN/c1-39(2)35-12-5-3-10-31(35)33-23-27(16-20-36(33)39)25-14-18-30(19-15-25)41-37-13-6-4-11-32(37)34-24-28(17-21-38(34)41)26-8-7-9-29(40)22-26/h3-24H,1-2H3. The van der Waals surface area contributed by atoms with Gasteiger partial charge in [-0.3, -0.25) is 0 Å². The molecule has 0 unspecified atom stereocenters. The molecule has 0 aliphatic heterocycles. The number of nitrogens with zero attached hydrogens (tertiary/aromatic N) is 1. The summed E-state index contributed by atoms with van der Waals surface area (Å²) in [6, 6.07) is 48.9. The summed E-state index contributed by atoms with van der Waals surface area (Å²) in [4.78, 5) is 0. The lowest BCUT2D eigenvalue weighted by Crippen LogP contribution is -2.14. The summed E-state index contributed by atoms with van der Waals surface area (Å²) < 4.78 is 3.48. The fourth-order valence-electron chi connectivity index (χ4n) is 6.80. The van der Waals surface area contributed by atoms with Gasteiger partial charge in [0.1, 0.15) is 0 Å². The zero-order valence-electron chi connectivity index (χ0n) is 23.0. The van der Waals surface area contributed by atoms with Crippen LogP contribution in [0.2, 0.25) is 0 Å². The van der Waals surface area contributed by atoms with Crippen LogP contribution in [0, 0.1) is 0 Å². The first-order chi connectivity index (χ1) is 20.0. The normalized spacial score (nSPS) is 13.4. The Kier molecular flexibility index (Phi) is 5.39. The minimum atomic E-state index is 0.0295. The van der Waals surface area contributed by atoms with Crippen molar-refractivity contribution in [2.75, 3.05) is 0 Å². The fourth-order valence-corrected chi connectivity index (χ4v) is 7.20. The molecule has 6 aromatic carbocycles. The fraction of sp³-hybridized carbons (Fsp3) is 0.0769. The van der Waals surface area contributed by atoms with Crippen LogP contribution in [0.5, 0.6) is 0 Å². The van der Waals surface area contributed by atoms with Crippen LogP contribution in [-0.2, 0) is 5.41 Å². The van der Waals surface area contributed by atoms with Crippen LogP contribution in [0.3, 0.4) is 0 Å². The van der Waals surface area contributed by atoms with Crippen molar-refractivity contribution < 1.29 is 0 Å². The lowest BCUT2D eigenvalue weighted by Gasteiger charge is -2.21. The summed E-state index contributed by atoms with van der Waals surface area (Å²) in [6.07, 6.45) is 0. The number of fused-ring (bicyclic) bond motifs is 6. The molecule has 0 saturated carbocycles. The van der Waals surface area contributed by atoms with Crippen molar-refractivity contribution in [2.24, 2.45) is 0 Å². The van der Waals surface area contributed by atoms with Crippen LogP contribution < -0.4 is 0 Å². The maximum atomic E-state index is 3.63. The number of aromatic nitrogens is 1. The Morgan fingerprint density at radius 3 is 2.00 bits per heavy atom. The maximum Gasteiger partial charge on any atom is 0.0541 e. The van der Waals surface area contributed by atoms with E-state index in [9.17, 15) is 0 Å².